The van der Waals surface area contributed by atoms with E-state index in [0.717, 1.165) is 9.80 Å². The summed E-state index contributed by atoms with van der Waals surface area (Å²) < 4.78 is 26.5. The van der Waals surface area contributed by atoms with Crippen molar-refractivity contribution in [3.8, 4) is 0 Å². The SMILES string of the molecule is Nc1ccc2c(c1)C(=O)N(c1ccc(S(=O)(=O)c3ccc(N4C(=O)c5ccc(N)cc5C4=O)cc3)cc1)C2=O. The molecule has 0 atom stereocenters. The third kappa shape index (κ3) is 3.59. The first-order valence-electron chi connectivity index (χ1n) is 11.6. The zero-order valence-corrected chi connectivity index (χ0v) is 20.8. The summed E-state index contributed by atoms with van der Waals surface area (Å²) in [5.41, 5.74) is 13.4. The molecule has 2 heterocycles. The number of amides is 4. The summed E-state index contributed by atoms with van der Waals surface area (Å²) in [6.07, 6.45) is 0. The van der Waals surface area contributed by atoms with E-state index in [2.05, 4.69) is 0 Å². The van der Waals surface area contributed by atoms with Crippen LogP contribution in [0.5, 0.6) is 0 Å². The number of hydrogen-bond acceptors (Lipinski definition) is 8. The molecule has 0 fully saturated rings. The maximum absolute atomic E-state index is 13.3. The smallest absolute Gasteiger partial charge is 0.266 e. The van der Waals surface area contributed by atoms with Crippen molar-refractivity contribution in [2.75, 3.05) is 21.3 Å². The van der Waals surface area contributed by atoms with E-state index in [-0.39, 0.29) is 43.4 Å². The molecule has 6 rings (SSSR count). The Hall–Kier alpha value is -5.29. The molecule has 0 aromatic heterocycles. The van der Waals surface area contributed by atoms with E-state index in [1.807, 2.05) is 0 Å². The first-order valence-corrected chi connectivity index (χ1v) is 13.1. The van der Waals surface area contributed by atoms with Gasteiger partial charge in [-0.1, -0.05) is 0 Å². The average molecular weight is 539 g/mol. The molecule has 4 amide bonds. The molecule has 0 unspecified atom stereocenters. The maximum Gasteiger partial charge on any atom is 0.266 e. The highest BCUT2D eigenvalue weighted by atomic mass is 32.2. The molecule has 2 aliphatic rings. The summed E-state index contributed by atoms with van der Waals surface area (Å²) in [5.74, 6) is -2.16. The van der Waals surface area contributed by atoms with Crippen molar-refractivity contribution in [3.63, 3.8) is 0 Å². The summed E-state index contributed by atoms with van der Waals surface area (Å²) in [6.45, 7) is 0. The Bertz CT molecular complexity index is 1730. The predicted octanol–water partition coefficient (Wildman–Crippen LogP) is 3.29. The van der Waals surface area contributed by atoms with Gasteiger partial charge in [0, 0.05) is 11.4 Å². The van der Waals surface area contributed by atoms with Crippen LogP contribution < -0.4 is 21.3 Å². The van der Waals surface area contributed by atoms with Crippen molar-refractivity contribution in [1.82, 2.24) is 0 Å². The number of nitrogens with zero attached hydrogens (tertiary/aromatic N) is 2. The van der Waals surface area contributed by atoms with Gasteiger partial charge in [-0.15, -0.1) is 0 Å². The van der Waals surface area contributed by atoms with Crippen LogP contribution in [-0.2, 0) is 9.84 Å². The number of carbonyl (C=O) groups is 4. The molecule has 0 radical (unpaired) electrons. The highest BCUT2D eigenvalue weighted by Crippen LogP contribution is 2.33. The average Bonchev–Trinajstić information content (AvgIpc) is 3.32. The second-order valence-corrected chi connectivity index (χ2v) is 10.9. The molecular formula is C28H18N4O6S. The number of carbonyl (C=O) groups excluding carboxylic acids is 4. The van der Waals surface area contributed by atoms with E-state index in [4.69, 9.17) is 11.5 Å². The van der Waals surface area contributed by atoms with Gasteiger partial charge in [-0.2, -0.15) is 0 Å². The van der Waals surface area contributed by atoms with Crippen molar-refractivity contribution in [2.24, 2.45) is 0 Å². The van der Waals surface area contributed by atoms with Gasteiger partial charge in [-0.05, 0) is 84.9 Å². The Morgan fingerprint density at radius 3 is 1.15 bits per heavy atom. The number of hydrogen-bond donors (Lipinski definition) is 2. The number of anilines is 4. The standard InChI is InChI=1S/C28H18N4O6S/c29-15-1-11-21-23(13-15)27(35)31(25(21)33)17-3-7-19(8-4-17)39(37,38)20-9-5-18(6-10-20)32-26(34)22-12-2-16(30)14-24(22)28(32)36/h1-14H,29-30H2. The summed E-state index contributed by atoms with van der Waals surface area (Å²) in [7, 11) is -4.00. The quantitative estimate of drug-likeness (QED) is 0.296. The minimum absolute atomic E-state index is 0.0731. The van der Waals surface area contributed by atoms with E-state index >= 15 is 0 Å². The monoisotopic (exact) mass is 538 g/mol. The summed E-state index contributed by atoms with van der Waals surface area (Å²) >= 11 is 0. The van der Waals surface area contributed by atoms with Crippen molar-refractivity contribution in [2.45, 2.75) is 9.79 Å². The fourth-order valence-electron chi connectivity index (χ4n) is 4.67. The topological polar surface area (TPSA) is 161 Å². The van der Waals surface area contributed by atoms with Crippen LogP contribution >= 0.6 is 0 Å². The fourth-order valence-corrected chi connectivity index (χ4v) is 5.93. The number of imide groups is 2. The van der Waals surface area contributed by atoms with E-state index in [1.165, 1.54) is 84.9 Å². The second kappa shape index (κ2) is 8.36. The summed E-state index contributed by atoms with van der Waals surface area (Å²) in [4.78, 5) is 53.0. The summed E-state index contributed by atoms with van der Waals surface area (Å²) in [6, 6.07) is 19.5. The predicted molar refractivity (Wildman–Crippen MR) is 142 cm³/mol. The summed E-state index contributed by atoms with van der Waals surface area (Å²) in [5, 5.41) is 0. The van der Waals surface area contributed by atoms with Crippen molar-refractivity contribution >= 4 is 56.2 Å². The first-order chi connectivity index (χ1) is 18.6. The molecule has 4 aromatic carbocycles. The maximum atomic E-state index is 13.3. The van der Waals surface area contributed by atoms with Gasteiger partial charge in [-0.25, -0.2) is 18.2 Å². The van der Waals surface area contributed by atoms with Gasteiger partial charge in [0.1, 0.15) is 0 Å². The molecule has 39 heavy (non-hydrogen) atoms. The number of nitrogen functional groups attached to an aromatic ring is 2. The minimum Gasteiger partial charge on any atom is -0.399 e. The zero-order valence-electron chi connectivity index (χ0n) is 20.0. The number of rotatable bonds is 4. The molecule has 0 spiro atoms. The van der Waals surface area contributed by atoms with Crippen LogP contribution in [0, 0.1) is 0 Å². The molecule has 11 heteroatoms. The lowest BCUT2D eigenvalue weighted by Gasteiger charge is -2.15. The Labute approximate surface area is 222 Å². The van der Waals surface area contributed by atoms with Crippen molar-refractivity contribution in [1.29, 1.82) is 0 Å². The van der Waals surface area contributed by atoms with Crippen LogP contribution in [0.2, 0.25) is 0 Å². The molecule has 0 bridgehead atoms. The molecule has 4 aromatic rings. The molecule has 10 nitrogen and oxygen atoms in total. The molecular weight excluding hydrogens is 520 g/mol. The Morgan fingerprint density at radius 1 is 0.462 bits per heavy atom. The molecule has 2 aliphatic heterocycles. The highest BCUT2D eigenvalue weighted by Gasteiger charge is 2.38. The highest BCUT2D eigenvalue weighted by molar-refractivity contribution is 7.91. The van der Waals surface area contributed by atoms with Gasteiger partial charge in [-0.3, -0.25) is 19.2 Å². The lowest BCUT2D eigenvalue weighted by Crippen LogP contribution is -2.29. The second-order valence-electron chi connectivity index (χ2n) is 8.99. The molecule has 0 saturated heterocycles. The van der Waals surface area contributed by atoms with Gasteiger partial charge >= 0.3 is 0 Å². The van der Waals surface area contributed by atoms with Crippen LogP contribution in [-0.4, -0.2) is 32.0 Å². The van der Waals surface area contributed by atoms with Gasteiger partial charge in [0.15, 0.2) is 0 Å². The third-order valence-corrected chi connectivity index (χ3v) is 8.42. The minimum atomic E-state index is -4.00. The van der Waals surface area contributed by atoms with E-state index < -0.39 is 33.5 Å². The van der Waals surface area contributed by atoms with Crippen LogP contribution in [0.3, 0.4) is 0 Å². The third-order valence-electron chi connectivity index (χ3n) is 6.63. The van der Waals surface area contributed by atoms with Crippen LogP contribution in [0.1, 0.15) is 41.4 Å². The van der Waals surface area contributed by atoms with Gasteiger partial charge < -0.3 is 11.5 Å². The van der Waals surface area contributed by atoms with E-state index in [1.54, 1.807) is 0 Å². The molecule has 192 valence electrons. The van der Waals surface area contributed by atoms with Crippen LogP contribution in [0.25, 0.3) is 0 Å². The van der Waals surface area contributed by atoms with Gasteiger partial charge in [0.05, 0.1) is 43.4 Å². The fraction of sp³-hybridized carbons (Fsp3) is 0. The first kappa shape index (κ1) is 24.1. The van der Waals surface area contributed by atoms with E-state index in [9.17, 15) is 27.6 Å². The van der Waals surface area contributed by atoms with Crippen LogP contribution in [0.4, 0.5) is 22.7 Å². The normalized spacial score (nSPS) is 14.7. The molecule has 4 N–H and O–H groups in total. The van der Waals surface area contributed by atoms with Crippen molar-refractivity contribution < 1.29 is 27.6 Å². The van der Waals surface area contributed by atoms with Gasteiger partial charge in [0.25, 0.3) is 23.6 Å². The van der Waals surface area contributed by atoms with E-state index in [0.29, 0.717) is 11.4 Å². The van der Waals surface area contributed by atoms with Crippen LogP contribution in [0.15, 0.2) is 94.7 Å². The number of benzene rings is 4. The largest absolute Gasteiger partial charge is 0.399 e. The Balaban J connectivity index is 1.26. The number of sulfone groups is 1. The Kier molecular flexibility index (Phi) is 5.16. The van der Waals surface area contributed by atoms with Crippen molar-refractivity contribution in [3.05, 3.63) is 107 Å². The molecule has 0 saturated carbocycles. The Morgan fingerprint density at radius 2 is 0.795 bits per heavy atom. The number of nitrogens with two attached hydrogens (primary N) is 2. The molecule has 0 aliphatic carbocycles. The lowest BCUT2D eigenvalue weighted by atomic mass is 10.1. The lowest BCUT2D eigenvalue weighted by molar-refractivity contribution is 0.0910. The zero-order chi connectivity index (χ0) is 27.6. The van der Waals surface area contributed by atoms with Gasteiger partial charge in [0.2, 0.25) is 9.84 Å². The number of fused-ring (bicyclic) bond motifs is 2.